The summed E-state index contributed by atoms with van der Waals surface area (Å²) in [5.41, 5.74) is 3.20. The van der Waals surface area contributed by atoms with Gasteiger partial charge in [0.15, 0.2) is 5.96 Å². The quantitative estimate of drug-likeness (QED) is 0.276. The summed E-state index contributed by atoms with van der Waals surface area (Å²) in [5, 5.41) is 7.72. The summed E-state index contributed by atoms with van der Waals surface area (Å²) in [6.45, 7) is 3.02. The second-order valence-corrected chi connectivity index (χ2v) is 6.92. The van der Waals surface area contributed by atoms with Gasteiger partial charge in [-0.15, -0.1) is 0 Å². The van der Waals surface area contributed by atoms with Gasteiger partial charge in [-0.05, 0) is 48.6 Å². The predicted molar refractivity (Wildman–Crippen MR) is 117 cm³/mol. The highest BCUT2D eigenvalue weighted by Gasteiger charge is 2.05. The lowest BCUT2D eigenvalue weighted by Crippen LogP contribution is -2.38. The van der Waals surface area contributed by atoms with Crippen LogP contribution in [0.1, 0.15) is 24.0 Å². The standard InChI is InChI=1S/C23H29FN4O/c1-25-23(26-12-5-6-14-29-17-18-7-3-2-4-8-18)27-13-11-19-16-28-22-15-20(24)9-10-21(19)22/h2-4,7-10,15-16,28H,5-6,11-14,17H2,1H3,(H2,25,26,27). The van der Waals surface area contributed by atoms with Crippen LogP contribution >= 0.6 is 0 Å². The van der Waals surface area contributed by atoms with Gasteiger partial charge in [0.25, 0.3) is 0 Å². The summed E-state index contributed by atoms with van der Waals surface area (Å²) in [6.07, 6.45) is 4.79. The van der Waals surface area contributed by atoms with E-state index >= 15 is 0 Å². The number of aromatic nitrogens is 1. The van der Waals surface area contributed by atoms with Crippen LogP contribution in [0.25, 0.3) is 10.9 Å². The number of rotatable bonds is 10. The average Bonchev–Trinajstić information content (AvgIpc) is 3.14. The molecular weight excluding hydrogens is 367 g/mol. The summed E-state index contributed by atoms with van der Waals surface area (Å²) >= 11 is 0. The summed E-state index contributed by atoms with van der Waals surface area (Å²) in [5.74, 6) is 0.570. The maximum atomic E-state index is 13.3. The molecule has 0 aliphatic carbocycles. The van der Waals surface area contributed by atoms with Crippen molar-refractivity contribution in [3.63, 3.8) is 0 Å². The van der Waals surface area contributed by atoms with Crippen molar-refractivity contribution in [2.24, 2.45) is 4.99 Å². The molecule has 3 aromatic rings. The normalized spacial score (nSPS) is 11.7. The second-order valence-electron chi connectivity index (χ2n) is 6.92. The number of hydrogen-bond donors (Lipinski definition) is 3. The van der Waals surface area contributed by atoms with Gasteiger partial charge in [0.1, 0.15) is 5.82 Å². The van der Waals surface area contributed by atoms with Crippen molar-refractivity contribution in [3.05, 3.63) is 71.7 Å². The molecule has 0 radical (unpaired) electrons. The van der Waals surface area contributed by atoms with Gasteiger partial charge in [0.2, 0.25) is 0 Å². The Morgan fingerprint density at radius 1 is 1.07 bits per heavy atom. The molecule has 1 heterocycles. The fourth-order valence-corrected chi connectivity index (χ4v) is 3.20. The van der Waals surface area contributed by atoms with Gasteiger partial charge in [0, 0.05) is 43.8 Å². The summed E-state index contributed by atoms with van der Waals surface area (Å²) < 4.78 is 19.0. The molecule has 29 heavy (non-hydrogen) atoms. The van der Waals surface area contributed by atoms with E-state index in [1.165, 1.54) is 23.3 Å². The van der Waals surface area contributed by atoms with Crippen LogP contribution < -0.4 is 10.6 Å². The highest BCUT2D eigenvalue weighted by molar-refractivity contribution is 5.83. The Balaban J connectivity index is 1.28. The van der Waals surface area contributed by atoms with Crippen molar-refractivity contribution in [2.75, 3.05) is 26.7 Å². The molecule has 5 nitrogen and oxygen atoms in total. The maximum absolute atomic E-state index is 13.3. The molecule has 0 saturated carbocycles. The van der Waals surface area contributed by atoms with Gasteiger partial charge >= 0.3 is 0 Å². The number of fused-ring (bicyclic) bond motifs is 1. The van der Waals surface area contributed by atoms with Crippen LogP contribution in [0.2, 0.25) is 0 Å². The van der Waals surface area contributed by atoms with Gasteiger partial charge in [-0.1, -0.05) is 30.3 Å². The van der Waals surface area contributed by atoms with Crippen LogP contribution in [-0.4, -0.2) is 37.7 Å². The van der Waals surface area contributed by atoms with Crippen LogP contribution in [-0.2, 0) is 17.8 Å². The zero-order valence-electron chi connectivity index (χ0n) is 16.9. The molecule has 0 aliphatic heterocycles. The minimum atomic E-state index is -0.223. The van der Waals surface area contributed by atoms with E-state index < -0.39 is 0 Å². The zero-order valence-corrected chi connectivity index (χ0v) is 16.9. The van der Waals surface area contributed by atoms with E-state index in [0.717, 1.165) is 55.8 Å². The highest BCUT2D eigenvalue weighted by Crippen LogP contribution is 2.19. The van der Waals surface area contributed by atoms with E-state index in [-0.39, 0.29) is 5.82 Å². The monoisotopic (exact) mass is 396 g/mol. The van der Waals surface area contributed by atoms with Crippen LogP contribution in [0, 0.1) is 5.82 Å². The topological polar surface area (TPSA) is 61.4 Å². The first-order chi connectivity index (χ1) is 14.3. The lowest BCUT2D eigenvalue weighted by atomic mass is 10.1. The first-order valence-corrected chi connectivity index (χ1v) is 10.1. The Morgan fingerprint density at radius 2 is 1.90 bits per heavy atom. The number of nitrogens with one attached hydrogen (secondary N) is 3. The molecule has 0 unspecified atom stereocenters. The molecule has 1 aromatic heterocycles. The van der Waals surface area contributed by atoms with Crippen molar-refractivity contribution in [1.82, 2.24) is 15.6 Å². The summed E-state index contributed by atoms with van der Waals surface area (Å²) in [7, 11) is 1.77. The molecule has 2 aromatic carbocycles. The number of ether oxygens (including phenoxy) is 1. The smallest absolute Gasteiger partial charge is 0.190 e. The Labute approximate surface area is 171 Å². The maximum Gasteiger partial charge on any atom is 0.190 e. The Kier molecular flexibility index (Phi) is 8.07. The van der Waals surface area contributed by atoms with Crippen LogP contribution in [0.3, 0.4) is 0 Å². The third-order valence-corrected chi connectivity index (χ3v) is 4.76. The number of aromatic amines is 1. The Bertz CT molecular complexity index is 908. The van der Waals surface area contributed by atoms with Crippen LogP contribution in [0.4, 0.5) is 4.39 Å². The van der Waals surface area contributed by atoms with E-state index in [0.29, 0.717) is 6.61 Å². The Morgan fingerprint density at radius 3 is 2.72 bits per heavy atom. The number of halogens is 1. The first-order valence-electron chi connectivity index (χ1n) is 10.1. The SMILES string of the molecule is CN=C(NCCCCOCc1ccccc1)NCCc1c[nH]c2cc(F)ccc12. The van der Waals surface area contributed by atoms with Gasteiger partial charge in [-0.2, -0.15) is 0 Å². The third kappa shape index (κ3) is 6.61. The number of H-pyrrole nitrogens is 1. The van der Waals surface area contributed by atoms with Gasteiger partial charge in [0.05, 0.1) is 6.61 Å². The van der Waals surface area contributed by atoms with E-state index in [1.807, 2.05) is 30.5 Å². The molecule has 0 bridgehead atoms. The predicted octanol–water partition coefficient (Wildman–Crippen LogP) is 4.01. The molecule has 0 saturated heterocycles. The van der Waals surface area contributed by atoms with Crippen LogP contribution in [0.5, 0.6) is 0 Å². The fraction of sp³-hybridized carbons (Fsp3) is 0.348. The third-order valence-electron chi connectivity index (χ3n) is 4.76. The van der Waals surface area contributed by atoms with Crippen molar-refractivity contribution in [2.45, 2.75) is 25.9 Å². The van der Waals surface area contributed by atoms with E-state index in [4.69, 9.17) is 4.74 Å². The number of hydrogen-bond acceptors (Lipinski definition) is 2. The van der Waals surface area contributed by atoms with Crippen LogP contribution in [0.15, 0.2) is 59.7 Å². The Hall–Kier alpha value is -2.86. The second kappa shape index (κ2) is 11.2. The molecule has 3 rings (SSSR count). The molecule has 3 N–H and O–H groups in total. The number of nitrogens with zero attached hydrogens (tertiary/aromatic N) is 1. The molecule has 0 spiro atoms. The van der Waals surface area contributed by atoms with E-state index in [2.05, 4.69) is 32.7 Å². The lowest BCUT2D eigenvalue weighted by Gasteiger charge is -2.12. The number of guanidine groups is 1. The minimum absolute atomic E-state index is 0.223. The van der Waals surface area contributed by atoms with Crippen molar-refractivity contribution in [3.8, 4) is 0 Å². The fourth-order valence-electron chi connectivity index (χ4n) is 3.20. The molecule has 0 aliphatic rings. The first kappa shape index (κ1) is 20.9. The van der Waals surface area contributed by atoms with Gasteiger partial charge in [-0.3, -0.25) is 4.99 Å². The molecule has 154 valence electrons. The van der Waals surface area contributed by atoms with E-state index in [9.17, 15) is 4.39 Å². The molecule has 0 fully saturated rings. The van der Waals surface area contributed by atoms with E-state index in [1.54, 1.807) is 7.05 Å². The number of benzene rings is 2. The minimum Gasteiger partial charge on any atom is -0.377 e. The van der Waals surface area contributed by atoms with Gasteiger partial charge in [-0.25, -0.2) is 4.39 Å². The summed E-state index contributed by atoms with van der Waals surface area (Å²) in [6, 6.07) is 15.1. The van der Waals surface area contributed by atoms with Crippen molar-refractivity contribution >= 4 is 16.9 Å². The molecule has 6 heteroatoms. The molecular formula is C23H29FN4O. The largest absolute Gasteiger partial charge is 0.377 e. The zero-order chi connectivity index (χ0) is 20.3. The molecule has 0 amide bonds. The number of aliphatic imine (C=N–C) groups is 1. The lowest BCUT2D eigenvalue weighted by molar-refractivity contribution is 0.117. The number of unbranched alkanes of at least 4 members (excludes halogenated alkanes) is 1. The van der Waals surface area contributed by atoms with Gasteiger partial charge < -0.3 is 20.4 Å². The molecule has 0 atom stereocenters. The summed E-state index contributed by atoms with van der Waals surface area (Å²) in [4.78, 5) is 7.38. The van der Waals surface area contributed by atoms with Crippen molar-refractivity contribution in [1.29, 1.82) is 0 Å². The van der Waals surface area contributed by atoms with Crippen molar-refractivity contribution < 1.29 is 9.13 Å². The average molecular weight is 397 g/mol. The highest BCUT2D eigenvalue weighted by atomic mass is 19.1.